The number of thiophene rings is 1. The lowest BCUT2D eigenvalue weighted by Gasteiger charge is -2.23. The zero-order valence-corrected chi connectivity index (χ0v) is 14.1. The first-order chi connectivity index (χ1) is 9.70. The molecule has 0 bridgehead atoms. The van der Waals surface area contributed by atoms with Gasteiger partial charge in [0.2, 0.25) is 0 Å². The van der Waals surface area contributed by atoms with Gasteiger partial charge in [0.25, 0.3) is 0 Å². The molecule has 1 N–H and O–H groups in total. The standard InChI is InChI=1S/C15H23N3S2/c1-4-7-16-10-13-11-20-15(17-13)18(3)12(2)9-14-6-5-8-19-14/h5-6,8,11-12,16H,4,7,9-10H2,1-3H3. The highest BCUT2D eigenvalue weighted by Gasteiger charge is 2.14. The van der Waals surface area contributed by atoms with Crippen LogP contribution in [0.3, 0.4) is 0 Å². The molecule has 0 spiro atoms. The van der Waals surface area contributed by atoms with Crippen molar-refractivity contribution in [2.24, 2.45) is 0 Å². The Morgan fingerprint density at radius 3 is 2.95 bits per heavy atom. The third-order valence-electron chi connectivity index (χ3n) is 3.31. The summed E-state index contributed by atoms with van der Waals surface area (Å²) in [5.41, 5.74) is 1.15. The van der Waals surface area contributed by atoms with Gasteiger partial charge in [0.05, 0.1) is 5.69 Å². The second-order valence-corrected chi connectivity index (χ2v) is 6.91. The first-order valence-electron chi connectivity index (χ1n) is 7.11. The second-order valence-electron chi connectivity index (χ2n) is 5.04. The van der Waals surface area contributed by atoms with Crippen LogP contribution < -0.4 is 10.2 Å². The highest BCUT2D eigenvalue weighted by molar-refractivity contribution is 7.13. The molecule has 0 fully saturated rings. The van der Waals surface area contributed by atoms with Gasteiger partial charge in [0.1, 0.15) is 0 Å². The van der Waals surface area contributed by atoms with Crippen LogP contribution in [0.5, 0.6) is 0 Å². The predicted octanol–water partition coefficient (Wildman–Crippen LogP) is 3.77. The Balaban J connectivity index is 1.89. The molecule has 2 aromatic rings. The van der Waals surface area contributed by atoms with Crippen molar-refractivity contribution in [2.75, 3.05) is 18.5 Å². The van der Waals surface area contributed by atoms with E-state index in [4.69, 9.17) is 4.98 Å². The first-order valence-corrected chi connectivity index (χ1v) is 8.87. The molecule has 110 valence electrons. The minimum absolute atomic E-state index is 0.469. The van der Waals surface area contributed by atoms with Crippen LogP contribution >= 0.6 is 22.7 Å². The minimum atomic E-state index is 0.469. The molecular formula is C15H23N3S2. The zero-order valence-electron chi connectivity index (χ0n) is 12.4. The lowest BCUT2D eigenvalue weighted by molar-refractivity contribution is 0.660. The van der Waals surface area contributed by atoms with Crippen LogP contribution in [-0.4, -0.2) is 24.6 Å². The second kappa shape index (κ2) is 7.76. The van der Waals surface area contributed by atoms with Gasteiger partial charge in [-0.3, -0.25) is 0 Å². The van der Waals surface area contributed by atoms with E-state index in [2.05, 4.69) is 54.0 Å². The fourth-order valence-electron chi connectivity index (χ4n) is 1.98. The summed E-state index contributed by atoms with van der Waals surface area (Å²) < 4.78 is 0. The van der Waals surface area contributed by atoms with Gasteiger partial charge in [-0.1, -0.05) is 13.0 Å². The van der Waals surface area contributed by atoms with Crippen LogP contribution in [0.2, 0.25) is 0 Å². The van der Waals surface area contributed by atoms with E-state index >= 15 is 0 Å². The van der Waals surface area contributed by atoms with Gasteiger partial charge in [-0.05, 0) is 31.3 Å². The molecule has 0 aliphatic rings. The molecule has 2 heterocycles. The SMILES string of the molecule is CCCNCc1csc(N(C)C(C)Cc2cccs2)n1. The molecule has 0 aliphatic carbocycles. The van der Waals surface area contributed by atoms with E-state index < -0.39 is 0 Å². The lowest BCUT2D eigenvalue weighted by Crippen LogP contribution is -2.30. The van der Waals surface area contributed by atoms with Crippen molar-refractivity contribution >= 4 is 27.8 Å². The average molecular weight is 310 g/mol. The maximum Gasteiger partial charge on any atom is 0.185 e. The number of thiazole rings is 1. The predicted molar refractivity (Wildman–Crippen MR) is 90.0 cm³/mol. The largest absolute Gasteiger partial charge is 0.348 e. The van der Waals surface area contributed by atoms with Crippen molar-refractivity contribution in [1.29, 1.82) is 0 Å². The van der Waals surface area contributed by atoms with Crippen LogP contribution in [0.15, 0.2) is 22.9 Å². The summed E-state index contributed by atoms with van der Waals surface area (Å²) in [5.74, 6) is 0. The summed E-state index contributed by atoms with van der Waals surface area (Å²) in [5, 5.41) is 8.81. The monoisotopic (exact) mass is 309 g/mol. The Hall–Kier alpha value is -0.910. The number of hydrogen-bond acceptors (Lipinski definition) is 5. The normalized spacial score (nSPS) is 12.6. The molecule has 1 unspecified atom stereocenters. The number of aromatic nitrogens is 1. The minimum Gasteiger partial charge on any atom is -0.348 e. The molecule has 0 radical (unpaired) electrons. The Kier molecular flexibility index (Phi) is 6.01. The van der Waals surface area contributed by atoms with Gasteiger partial charge < -0.3 is 10.2 Å². The summed E-state index contributed by atoms with van der Waals surface area (Å²) in [7, 11) is 2.14. The molecule has 0 aliphatic heterocycles. The van der Waals surface area contributed by atoms with Gasteiger partial charge in [-0.25, -0.2) is 4.98 Å². The topological polar surface area (TPSA) is 28.2 Å². The van der Waals surface area contributed by atoms with E-state index in [1.54, 1.807) is 11.3 Å². The molecule has 0 saturated carbocycles. The molecule has 2 aromatic heterocycles. The fraction of sp³-hybridized carbons (Fsp3) is 0.533. The molecular weight excluding hydrogens is 286 g/mol. The first kappa shape index (κ1) is 15.5. The number of hydrogen-bond donors (Lipinski definition) is 1. The van der Waals surface area contributed by atoms with Crippen molar-refractivity contribution in [2.45, 2.75) is 39.3 Å². The number of nitrogens with zero attached hydrogens (tertiary/aromatic N) is 2. The van der Waals surface area contributed by atoms with Crippen molar-refractivity contribution in [3.05, 3.63) is 33.5 Å². The van der Waals surface area contributed by atoms with Crippen molar-refractivity contribution in [3.63, 3.8) is 0 Å². The summed E-state index contributed by atoms with van der Waals surface area (Å²) in [6.45, 7) is 6.37. The maximum atomic E-state index is 4.72. The van der Waals surface area contributed by atoms with E-state index in [1.165, 1.54) is 4.88 Å². The average Bonchev–Trinajstić information content (AvgIpc) is 3.09. The third-order valence-corrected chi connectivity index (χ3v) is 5.19. The van der Waals surface area contributed by atoms with Gasteiger partial charge in [-0.2, -0.15) is 0 Å². The Bertz CT molecular complexity index is 493. The third kappa shape index (κ3) is 4.30. The van der Waals surface area contributed by atoms with Crippen LogP contribution in [0.1, 0.15) is 30.8 Å². The van der Waals surface area contributed by atoms with Gasteiger partial charge in [0, 0.05) is 36.3 Å². The molecule has 0 aromatic carbocycles. The molecule has 0 amide bonds. The van der Waals surface area contributed by atoms with E-state index in [9.17, 15) is 0 Å². The fourth-order valence-corrected chi connectivity index (χ4v) is 3.70. The highest BCUT2D eigenvalue weighted by atomic mass is 32.1. The maximum absolute atomic E-state index is 4.72. The van der Waals surface area contributed by atoms with Crippen molar-refractivity contribution in [3.8, 4) is 0 Å². The van der Waals surface area contributed by atoms with Crippen LogP contribution in [0.4, 0.5) is 5.13 Å². The molecule has 20 heavy (non-hydrogen) atoms. The van der Waals surface area contributed by atoms with Gasteiger partial charge in [-0.15, -0.1) is 22.7 Å². The van der Waals surface area contributed by atoms with Crippen LogP contribution in [0, 0.1) is 0 Å². The van der Waals surface area contributed by atoms with E-state index in [-0.39, 0.29) is 0 Å². The van der Waals surface area contributed by atoms with Crippen LogP contribution in [0.25, 0.3) is 0 Å². The molecule has 0 saturated heterocycles. The van der Waals surface area contributed by atoms with Crippen molar-refractivity contribution in [1.82, 2.24) is 10.3 Å². The Morgan fingerprint density at radius 1 is 1.40 bits per heavy atom. The number of anilines is 1. The number of likely N-dealkylation sites (N-methyl/N-ethyl adjacent to an activating group) is 1. The van der Waals surface area contributed by atoms with Gasteiger partial charge >= 0.3 is 0 Å². The quantitative estimate of drug-likeness (QED) is 0.752. The summed E-state index contributed by atoms with van der Waals surface area (Å²) in [6, 6.07) is 4.79. The summed E-state index contributed by atoms with van der Waals surface area (Å²) in [4.78, 5) is 8.44. The van der Waals surface area contributed by atoms with Crippen LogP contribution in [-0.2, 0) is 13.0 Å². The molecule has 3 nitrogen and oxygen atoms in total. The summed E-state index contributed by atoms with van der Waals surface area (Å²) in [6.07, 6.45) is 2.24. The van der Waals surface area contributed by atoms with E-state index in [0.717, 1.165) is 36.8 Å². The number of nitrogens with one attached hydrogen (secondary N) is 1. The Labute approximate surface area is 129 Å². The highest BCUT2D eigenvalue weighted by Crippen LogP contribution is 2.23. The van der Waals surface area contributed by atoms with Crippen molar-refractivity contribution < 1.29 is 0 Å². The molecule has 1 atom stereocenters. The number of rotatable bonds is 8. The van der Waals surface area contributed by atoms with E-state index in [0.29, 0.717) is 6.04 Å². The van der Waals surface area contributed by atoms with Gasteiger partial charge in [0.15, 0.2) is 5.13 Å². The Morgan fingerprint density at radius 2 is 2.25 bits per heavy atom. The molecule has 5 heteroatoms. The smallest absolute Gasteiger partial charge is 0.185 e. The molecule has 2 rings (SSSR count). The lowest BCUT2D eigenvalue weighted by atomic mass is 10.2. The summed E-state index contributed by atoms with van der Waals surface area (Å²) >= 11 is 3.56. The van der Waals surface area contributed by atoms with E-state index in [1.807, 2.05) is 11.3 Å². The zero-order chi connectivity index (χ0) is 14.4.